The van der Waals surface area contributed by atoms with Crippen LogP contribution in [-0.2, 0) is 13.4 Å². The monoisotopic (exact) mass is 787 g/mol. The van der Waals surface area contributed by atoms with Crippen molar-refractivity contribution in [3.05, 3.63) is 0 Å². The lowest BCUT2D eigenvalue weighted by Crippen LogP contribution is -2.37. The summed E-state index contributed by atoms with van der Waals surface area (Å²) in [6.45, 7) is 4.07. The van der Waals surface area contributed by atoms with Crippen molar-refractivity contribution in [2.45, 2.75) is 219 Å². The van der Waals surface area contributed by atoms with E-state index in [-0.39, 0.29) is 0 Å². The van der Waals surface area contributed by atoms with Crippen molar-refractivity contribution < 1.29 is 43.6 Å². The smallest absolute Gasteiger partial charge is 0.339 e. The lowest BCUT2D eigenvalue weighted by Gasteiger charge is -2.23. The van der Waals surface area contributed by atoms with Gasteiger partial charge in [-0.15, -0.1) is 0 Å². The van der Waals surface area contributed by atoms with Crippen LogP contribution < -0.4 is 0 Å². The third-order valence-electron chi connectivity index (χ3n) is 9.87. The van der Waals surface area contributed by atoms with Crippen LogP contribution in [0.3, 0.4) is 0 Å². The summed E-state index contributed by atoms with van der Waals surface area (Å²) in [5.41, 5.74) is -1.11. The van der Waals surface area contributed by atoms with Crippen molar-refractivity contribution in [1.29, 1.82) is 0 Å². The van der Waals surface area contributed by atoms with Crippen molar-refractivity contribution in [1.82, 2.24) is 0 Å². The third kappa shape index (κ3) is 41.7. The highest BCUT2D eigenvalue weighted by atomic mass is 31.2. The highest BCUT2D eigenvalue weighted by Crippen LogP contribution is 2.50. The predicted octanol–water partition coefficient (Wildman–Crippen LogP) is 11.9. The highest BCUT2D eigenvalue weighted by molar-refractivity contribution is 7.54. The second kappa shape index (κ2) is 45.9. The maximum atomic E-state index is 9.26. The number of aliphatic hydroxyl groups is 4. The number of hydrogen-bond donors (Lipinski definition) is 6. The molecule has 0 fully saturated rings. The third-order valence-corrected chi connectivity index (χ3v) is 11.8. The Kier molecular flexibility index (Phi) is 48.2. The van der Waals surface area contributed by atoms with E-state index in [9.17, 15) is 9.79 Å². The molecule has 11 heteroatoms. The molecule has 0 amide bonds. The van der Waals surface area contributed by atoms with Gasteiger partial charge in [0.25, 0.3) is 0 Å². The van der Waals surface area contributed by atoms with Crippen LogP contribution >= 0.6 is 17.2 Å². The van der Waals surface area contributed by atoms with Crippen LogP contribution in [0.4, 0.5) is 0 Å². The van der Waals surface area contributed by atoms with E-state index in [1.54, 1.807) is 0 Å². The molecular weight excluding hydrogens is 698 g/mol. The molecule has 0 aromatic carbocycles. The van der Waals surface area contributed by atoms with Gasteiger partial charge in [0.05, 0.1) is 45.1 Å². The van der Waals surface area contributed by atoms with Gasteiger partial charge in [-0.3, -0.25) is 0 Å². The first-order valence-electron chi connectivity index (χ1n) is 21.8. The summed E-state index contributed by atoms with van der Waals surface area (Å²) < 4.78 is 16.5. The van der Waals surface area contributed by atoms with Gasteiger partial charge in [0.1, 0.15) is 0 Å². The summed E-state index contributed by atoms with van der Waals surface area (Å²) in [6, 6.07) is 0. The van der Waals surface area contributed by atoms with Gasteiger partial charge in [-0.1, -0.05) is 206 Å². The minimum absolute atomic E-state index is 0.406. The molecule has 6 N–H and O–H groups in total. The summed E-state index contributed by atoms with van der Waals surface area (Å²) >= 11 is 0. The van der Waals surface area contributed by atoms with Gasteiger partial charge in [-0.25, -0.2) is 4.31 Å². The molecule has 0 rings (SSSR count). The second-order valence-corrected chi connectivity index (χ2v) is 17.1. The molecule has 0 aromatic heterocycles. The van der Waals surface area contributed by atoms with Gasteiger partial charge in [0, 0.05) is 0 Å². The summed E-state index contributed by atoms with van der Waals surface area (Å²) in [7, 11) is -4.11. The van der Waals surface area contributed by atoms with Gasteiger partial charge < -0.3 is 39.3 Å². The summed E-state index contributed by atoms with van der Waals surface area (Å²) in [5.74, 6) is 0. The molecule has 316 valence electrons. The normalized spacial score (nSPS) is 11.9. The molecule has 52 heavy (non-hydrogen) atoms. The Morgan fingerprint density at radius 3 is 0.731 bits per heavy atom. The molecule has 0 aliphatic heterocycles. The minimum atomic E-state index is -2.45. The Balaban J connectivity index is 0. The zero-order chi connectivity index (χ0) is 38.6. The SMILES string of the molecule is CCCCCCCCCCCCCCCCCCOP(OCCCCCCCCCCCCCCCCCC)OP(O)O.OCC(CO)(CO)CO. The van der Waals surface area contributed by atoms with E-state index < -0.39 is 49.0 Å². The first kappa shape index (κ1) is 54.6. The van der Waals surface area contributed by atoms with E-state index in [2.05, 4.69) is 13.8 Å². The Hall–Kier alpha value is 0.500. The zero-order valence-corrected chi connectivity index (χ0v) is 36.0. The average molecular weight is 787 g/mol. The number of rotatable bonds is 42. The van der Waals surface area contributed by atoms with Crippen LogP contribution in [0.1, 0.15) is 219 Å². The fraction of sp³-hybridized carbons (Fsp3) is 1.00. The molecule has 0 heterocycles. The fourth-order valence-electron chi connectivity index (χ4n) is 6.02. The summed E-state index contributed by atoms with van der Waals surface area (Å²) in [6.07, 6.45) is 43.0. The number of unbranched alkanes of at least 4 members (excludes halogenated alkanes) is 30. The summed E-state index contributed by atoms with van der Waals surface area (Å²) in [5, 5.41) is 34.0. The Morgan fingerprint density at radius 1 is 0.346 bits per heavy atom. The van der Waals surface area contributed by atoms with Crippen molar-refractivity contribution >= 4 is 17.2 Å². The standard InChI is InChI=1S/C36H76O5P2.C5H12O4/c1-3-5-7-9-11-13-15-17-19-21-23-25-27-29-31-33-35-39-43(41-42(37)38)40-36-34-32-30-28-26-24-22-20-18-16-14-12-10-8-6-4-2;6-1-5(2-7,3-8)4-9/h37-38H,3-36H2,1-2H3;6-9H,1-4H2. The molecular formula is C41H88O9P2. The molecule has 0 saturated heterocycles. The van der Waals surface area contributed by atoms with Gasteiger partial charge in [-0.2, -0.15) is 0 Å². The van der Waals surface area contributed by atoms with Crippen LogP contribution in [0.5, 0.6) is 0 Å². The van der Waals surface area contributed by atoms with Crippen molar-refractivity contribution in [3.8, 4) is 0 Å². The topological polar surface area (TPSA) is 149 Å². The molecule has 0 aliphatic carbocycles. The van der Waals surface area contributed by atoms with Crippen LogP contribution in [0.2, 0.25) is 0 Å². The van der Waals surface area contributed by atoms with Crippen LogP contribution in [0.25, 0.3) is 0 Å². The van der Waals surface area contributed by atoms with Gasteiger partial charge in [-0.05, 0) is 12.8 Å². The van der Waals surface area contributed by atoms with Crippen LogP contribution in [0.15, 0.2) is 0 Å². The van der Waals surface area contributed by atoms with E-state index in [1.165, 1.54) is 180 Å². The molecule has 0 atom stereocenters. The molecule has 0 aliphatic rings. The Morgan fingerprint density at radius 2 is 0.558 bits per heavy atom. The quantitative estimate of drug-likeness (QED) is 0.0263. The molecule has 0 saturated carbocycles. The zero-order valence-electron chi connectivity index (χ0n) is 34.2. The highest BCUT2D eigenvalue weighted by Gasteiger charge is 2.26. The van der Waals surface area contributed by atoms with E-state index in [1.807, 2.05) is 0 Å². The first-order chi connectivity index (χ1) is 25.4. The lowest BCUT2D eigenvalue weighted by atomic mass is 9.93. The Bertz CT molecular complexity index is 590. The number of aliphatic hydroxyl groups excluding tert-OH is 4. The lowest BCUT2D eigenvalue weighted by molar-refractivity contribution is -0.0328. The number of hydrogen-bond acceptors (Lipinski definition) is 9. The van der Waals surface area contributed by atoms with Gasteiger partial charge in [0.15, 0.2) is 0 Å². The molecule has 0 radical (unpaired) electrons. The molecule has 0 spiro atoms. The van der Waals surface area contributed by atoms with Crippen molar-refractivity contribution in [3.63, 3.8) is 0 Å². The summed E-state index contributed by atoms with van der Waals surface area (Å²) in [4.78, 5) is 18.5. The minimum Gasteiger partial charge on any atom is -0.396 e. The van der Waals surface area contributed by atoms with E-state index in [0.717, 1.165) is 25.7 Å². The van der Waals surface area contributed by atoms with E-state index in [4.69, 9.17) is 33.8 Å². The Labute approximate surface area is 324 Å². The molecule has 0 aromatic rings. The van der Waals surface area contributed by atoms with Gasteiger partial charge in [0.2, 0.25) is 0 Å². The van der Waals surface area contributed by atoms with Crippen molar-refractivity contribution in [2.75, 3.05) is 39.6 Å². The van der Waals surface area contributed by atoms with Crippen molar-refractivity contribution in [2.24, 2.45) is 5.41 Å². The maximum absolute atomic E-state index is 9.26. The largest absolute Gasteiger partial charge is 0.396 e. The second-order valence-electron chi connectivity index (χ2n) is 15.0. The molecule has 9 nitrogen and oxygen atoms in total. The molecule has 0 unspecified atom stereocenters. The average Bonchev–Trinajstić information content (AvgIpc) is 3.15. The first-order valence-corrected chi connectivity index (χ1v) is 24.1. The predicted molar refractivity (Wildman–Crippen MR) is 221 cm³/mol. The van der Waals surface area contributed by atoms with E-state index in [0.29, 0.717) is 13.2 Å². The fourth-order valence-corrected chi connectivity index (χ4v) is 7.51. The van der Waals surface area contributed by atoms with E-state index >= 15 is 0 Å². The van der Waals surface area contributed by atoms with Gasteiger partial charge >= 0.3 is 17.2 Å². The maximum Gasteiger partial charge on any atom is 0.339 e. The molecule has 0 bridgehead atoms. The van der Waals surface area contributed by atoms with Crippen LogP contribution in [-0.4, -0.2) is 69.9 Å². The van der Waals surface area contributed by atoms with Crippen LogP contribution in [0, 0.1) is 5.41 Å².